The van der Waals surface area contributed by atoms with E-state index < -0.39 is 23.4 Å². The Kier molecular flexibility index (Phi) is 5.32. The molecule has 0 unspecified atom stereocenters. The molecule has 1 aromatic heterocycles. The number of aromatic hydroxyl groups is 1. The van der Waals surface area contributed by atoms with Gasteiger partial charge >= 0.3 is 5.97 Å². The van der Waals surface area contributed by atoms with E-state index in [0.717, 1.165) is 5.56 Å². The number of H-pyrrole nitrogens is 2. The standard InChI is InChI=1S/C23H24N2O6/c1-23(29)11-15-19(21(27)25-24-15)18(14-8-9-16(26)17(10-14)30-2)20(23)22(28)31-12-13-6-4-3-5-7-13/h3-10,18,20,26,29H,11-12H2,1-2H3,(H2,24,25,27)/t18-,20+,23+/m0/s1. The number of hydrogen-bond donors (Lipinski definition) is 4. The Labute approximate surface area is 178 Å². The van der Waals surface area contributed by atoms with Gasteiger partial charge in [0.1, 0.15) is 6.61 Å². The van der Waals surface area contributed by atoms with Gasteiger partial charge in [0.05, 0.1) is 18.6 Å². The van der Waals surface area contributed by atoms with Crippen molar-refractivity contribution in [2.45, 2.75) is 31.5 Å². The Balaban J connectivity index is 1.77. The first kappa shape index (κ1) is 20.7. The molecule has 162 valence electrons. The summed E-state index contributed by atoms with van der Waals surface area (Å²) in [7, 11) is 1.41. The van der Waals surface area contributed by atoms with Crippen molar-refractivity contribution in [2.75, 3.05) is 7.11 Å². The Morgan fingerprint density at radius 1 is 1.19 bits per heavy atom. The number of aromatic nitrogens is 2. The number of ether oxygens (including phenoxy) is 2. The van der Waals surface area contributed by atoms with Crippen LogP contribution in [0.3, 0.4) is 0 Å². The number of esters is 1. The molecule has 0 bridgehead atoms. The van der Waals surface area contributed by atoms with Crippen molar-refractivity contribution in [3.05, 3.63) is 81.3 Å². The summed E-state index contributed by atoms with van der Waals surface area (Å²) in [4.78, 5) is 25.9. The second-order valence-electron chi connectivity index (χ2n) is 7.99. The first-order valence-corrected chi connectivity index (χ1v) is 9.91. The average molecular weight is 424 g/mol. The van der Waals surface area contributed by atoms with Crippen LogP contribution in [0, 0.1) is 5.92 Å². The highest BCUT2D eigenvalue weighted by Crippen LogP contribution is 2.46. The largest absolute Gasteiger partial charge is 0.504 e. The maximum absolute atomic E-state index is 13.2. The van der Waals surface area contributed by atoms with E-state index in [9.17, 15) is 19.8 Å². The van der Waals surface area contributed by atoms with Crippen LogP contribution in [0.25, 0.3) is 0 Å². The summed E-state index contributed by atoms with van der Waals surface area (Å²) >= 11 is 0. The minimum atomic E-state index is -1.48. The van der Waals surface area contributed by atoms with Crippen LogP contribution >= 0.6 is 0 Å². The number of nitrogens with one attached hydrogen (secondary N) is 2. The van der Waals surface area contributed by atoms with Crippen molar-refractivity contribution >= 4 is 5.97 Å². The average Bonchev–Trinajstić information content (AvgIpc) is 3.11. The molecule has 0 aliphatic heterocycles. The second kappa shape index (κ2) is 7.96. The summed E-state index contributed by atoms with van der Waals surface area (Å²) in [5, 5.41) is 26.6. The van der Waals surface area contributed by atoms with Crippen molar-refractivity contribution in [1.82, 2.24) is 10.2 Å². The molecular formula is C23H24N2O6. The van der Waals surface area contributed by atoms with Gasteiger partial charge in [0.15, 0.2) is 11.5 Å². The molecule has 1 aliphatic carbocycles. The highest BCUT2D eigenvalue weighted by Gasteiger charge is 2.51. The first-order valence-electron chi connectivity index (χ1n) is 9.91. The molecule has 0 amide bonds. The van der Waals surface area contributed by atoms with E-state index >= 15 is 0 Å². The topological polar surface area (TPSA) is 125 Å². The van der Waals surface area contributed by atoms with E-state index in [4.69, 9.17) is 9.47 Å². The van der Waals surface area contributed by atoms with Gasteiger partial charge in [-0.3, -0.25) is 14.7 Å². The van der Waals surface area contributed by atoms with Gasteiger partial charge in [-0.25, -0.2) is 0 Å². The molecule has 8 heteroatoms. The number of carbonyl (C=O) groups is 1. The Morgan fingerprint density at radius 2 is 1.94 bits per heavy atom. The summed E-state index contributed by atoms with van der Waals surface area (Å²) in [6, 6.07) is 13.8. The van der Waals surface area contributed by atoms with Crippen LogP contribution in [-0.2, 0) is 22.6 Å². The number of phenols is 1. The zero-order valence-electron chi connectivity index (χ0n) is 17.2. The second-order valence-corrected chi connectivity index (χ2v) is 7.99. The predicted octanol–water partition coefficient (Wildman–Crippen LogP) is 2.22. The van der Waals surface area contributed by atoms with Gasteiger partial charge in [-0.2, -0.15) is 0 Å². The highest BCUT2D eigenvalue weighted by molar-refractivity contribution is 5.77. The van der Waals surface area contributed by atoms with Crippen molar-refractivity contribution in [3.8, 4) is 11.5 Å². The molecule has 31 heavy (non-hydrogen) atoms. The number of benzene rings is 2. The molecule has 0 fully saturated rings. The van der Waals surface area contributed by atoms with Crippen LogP contribution in [0.1, 0.15) is 35.2 Å². The zero-order chi connectivity index (χ0) is 22.2. The van der Waals surface area contributed by atoms with E-state index in [2.05, 4.69) is 10.2 Å². The molecule has 2 aromatic carbocycles. The summed E-state index contributed by atoms with van der Waals surface area (Å²) < 4.78 is 10.8. The van der Waals surface area contributed by atoms with Crippen LogP contribution in [0.15, 0.2) is 53.3 Å². The van der Waals surface area contributed by atoms with Gasteiger partial charge < -0.3 is 24.8 Å². The fraction of sp³-hybridized carbons (Fsp3) is 0.304. The third-order valence-electron chi connectivity index (χ3n) is 5.79. The maximum Gasteiger partial charge on any atom is 0.313 e. The summed E-state index contributed by atoms with van der Waals surface area (Å²) in [5.74, 6) is -2.33. The van der Waals surface area contributed by atoms with Crippen LogP contribution in [0.4, 0.5) is 0 Å². The van der Waals surface area contributed by atoms with E-state index in [-0.39, 0.29) is 30.1 Å². The molecule has 8 nitrogen and oxygen atoms in total. The fourth-order valence-corrected chi connectivity index (χ4v) is 4.32. The van der Waals surface area contributed by atoms with Crippen LogP contribution in [0.5, 0.6) is 11.5 Å². The van der Waals surface area contributed by atoms with Crippen molar-refractivity contribution < 1.29 is 24.5 Å². The van der Waals surface area contributed by atoms with Gasteiger partial charge in [0.25, 0.3) is 5.56 Å². The van der Waals surface area contributed by atoms with Gasteiger partial charge in [-0.15, -0.1) is 0 Å². The van der Waals surface area contributed by atoms with Gasteiger partial charge in [0.2, 0.25) is 0 Å². The Morgan fingerprint density at radius 3 is 2.65 bits per heavy atom. The van der Waals surface area contributed by atoms with Crippen LogP contribution in [-0.4, -0.2) is 39.1 Å². The smallest absolute Gasteiger partial charge is 0.313 e. The summed E-state index contributed by atoms with van der Waals surface area (Å²) in [5.41, 5.74) is 0.391. The van der Waals surface area contributed by atoms with E-state index in [1.54, 1.807) is 19.1 Å². The van der Waals surface area contributed by atoms with Gasteiger partial charge in [0, 0.05) is 23.6 Å². The van der Waals surface area contributed by atoms with E-state index in [0.29, 0.717) is 16.8 Å². The van der Waals surface area contributed by atoms with Gasteiger partial charge in [-0.1, -0.05) is 36.4 Å². The number of aliphatic hydroxyl groups is 1. The highest BCUT2D eigenvalue weighted by atomic mass is 16.5. The normalized spacial score (nSPS) is 22.5. The Hall–Kier alpha value is -3.52. The number of fused-ring (bicyclic) bond motifs is 1. The molecule has 4 N–H and O–H groups in total. The molecule has 1 aliphatic rings. The van der Waals surface area contributed by atoms with E-state index in [1.165, 1.54) is 13.2 Å². The Bertz CT molecular complexity index is 1150. The first-order chi connectivity index (χ1) is 14.8. The number of phenolic OH excluding ortho intramolecular Hbond substituents is 1. The molecule has 0 saturated heterocycles. The van der Waals surface area contributed by atoms with Crippen LogP contribution in [0.2, 0.25) is 0 Å². The number of carbonyl (C=O) groups excluding carboxylic acids is 1. The van der Waals surface area contributed by atoms with Crippen molar-refractivity contribution in [1.29, 1.82) is 0 Å². The lowest BCUT2D eigenvalue weighted by Crippen LogP contribution is -2.50. The molecule has 0 saturated carbocycles. The molecular weight excluding hydrogens is 400 g/mol. The lowest BCUT2D eigenvalue weighted by atomic mass is 9.66. The third-order valence-corrected chi connectivity index (χ3v) is 5.79. The minimum Gasteiger partial charge on any atom is -0.504 e. The third kappa shape index (κ3) is 3.82. The quantitative estimate of drug-likeness (QED) is 0.466. The molecule has 0 spiro atoms. The molecule has 3 aromatic rings. The molecule has 4 rings (SSSR count). The number of aromatic amines is 2. The summed E-state index contributed by atoms with van der Waals surface area (Å²) in [6.07, 6.45) is 0.0812. The SMILES string of the molecule is COc1cc([C@H]2c3c([nH][nH]c3=O)C[C@@](C)(O)[C@H]2C(=O)OCc2ccccc2)ccc1O. The minimum absolute atomic E-state index is 0.0498. The monoisotopic (exact) mass is 424 g/mol. The van der Waals surface area contributed by atoms with Crippen LogP contribution < -0.4 is 10.3 Å². The van der Waals surface area contributed by atoms with Gasteiger partial charge in [-0.05, 0) is 30.2 Å². The molecule has 0 radical (unpaired) electrons. The van der Waals surface area contributed by atoms with Crippen molar-refractivity contribution in [2.24, 2.45) is 5.92 Å². The predicted molar refractivity (Wildman–Crippen MR) is 112 cm³/mol. The lowest BCUT2D eigenvalue weighted by Gasteiger charge is -2.40. The number of methoxy groups -OCH3 is 1. The number of rotatable bonds is 5. The summed E-state index contributed by atoms with van der Waals surface area (Å²) in [6.45, 7) is 1.61. The number of hydrogen-bond acceptors (Lipinski definition) is 6. The fourth-order valence-electron chi connectivity index (χ4n) is 4.32. The molecule has 3 atom stereocenters. The molecule has 1 heterocycles. The zero-order valence-corrected chi connectivity index (χ0v) is 17.2. The van der Waals surface area contributed by atoms with E-state index in [1.807, 2.05) is 30.3 Å². The van der Waals surface area contributed by atoms with Crippen molar-refractivity contribution in [3.63, 3.8) is 0 Å². The lowest BCUT2D eigenvalue weighted by molar-refractivity contribution is -0.161. The maximum atomic E-state index is 13.2.